The van der Waals surface area contributed by atoms with Crippen molar-refractivity contribution in [1.82, 2.24) is 4.90 Å². The summed E-state index contributed by atoms with van der Waals surface area (Å²) in [6.45, 7) is 4.24. The Balaban J connectivity index is 2.25. The summed E-state index contributed by atoms with van der Waals surface area (Å²) >= 11 is 0. The smallest absolute Gasteiger partial charge is 0.337 e. The minimum absolute atomic E-state index is 0.0657. The molecule has 1 fully saturated rings. The number of methoxy groups -OCH3 is 2. The number of carbonyl (C=O) groups is 2. The first-order valence-electron chi connectivity index (χ1n) is 8.48. The fourth-order valence-electron chi connectivity index (χ4n) is 2.87. The number of nitrogens with one attached hydrogen (secondary N) is 1. The molecule has 0 radical (unpaired) electrons. The zero-order valence-corrected chi connectivity index (χ0v) is 15.4. The Morgan fingerprint density at radius 3 is 2.56 bits per heavy atom. The molecule has 0 aromatic heterocycles. The highest BCUT2D eigenvalue weighted by atomic mass is 16.5. The van der Waals surface area contributed by atoms with E-state index in [-0.39, 0.29) is 12.1 Å². The number of amides is 2. The fraction of sp³-hybridized carbons (Fsp3) is 0.556. The van der Waals surface area contributed by atoms with Gasteiger partial charge in [-0.25, -0.2) is 9.59 Å². The van der Waals surface area contributed by atoms with E-state index in [1.165, 1.54) is 7.11 Å². The first kappa shape index (κ1) is 19.1. The normalized spacial score (nSPS) is 15.0. The van der Waals surface area contributed by atoms with Crippen molar-refractivity contribution in [2.45, 2.75) is 25.8 Å². The van der Waals surface area contributed by atoms with Crippen LogP contribution in [0.4, 0.5) is 16.2 Å². The van der Waals surface area contributed by atoms with Gasteiger partial charge < -0.3 is 24.6 Å². The summed E-state index contributed by atoms with van der Waals surface area (Å²) in [5.74, 6) is -0.426. The molecule has 2 rings (SSSR count). The van der Waals surface area contributed by atoms with E-state index in [1.54, 1.807) is 31.2 Å². The maximum atomic E-state index is 12.6. The second-order valence-electron chi connectivity index (χ2n) is 6.26. The zero-order valence-electron chi connectivity index (χ0n) is 15.4. The molecule has 1 unspecified atom stereocenters. The van der Waals surface area contributed by atoms with E-state index in [1.807, 2.05) is 13.0 Å². The van der Waals surface area contributed by atoms with Crippen LogP contribution >= 0.6 is 0 Å². The molecule has 1 heterocycles. The van der Waals surface area contributed by atoms with Crippen LogP contribution in [0.2, 0.25) is 0 Å². The summed E-state index contributed by atoms with van der Waals surface area (Å²) in [5, 5.41) is 2.93. The Morgan fingerprint density at radius 2 is 1.96 bits per heavy atom. The van der Waals surface area contributed by atoms with Gasteiger partial charge in [0.1, 0.15) is 0 Å². The van der Waals surface area contributed by atoms with Crippen molar-refractivity contribution >= 4 is 23.4 Å². The van der Waals surface area contributed by atoms with Gasteiger partial charge in [0, 0.05) is 27.2 Å². The Kier molecular flexibility index (Phi) is 6.64. The number of esters is 1. The third-order valence-electron chi connectivity index (χ3n) is 4.50. The molecule has 1 aromatic carbocycles. The quantitative estimate of drug-likeness (QED) is 0.799. The van der Waals surface area contributed by atoms with Gasteiger partial charge in [0.15, 0.2) is 0 Å². The highest BCUT2D eigenvalue weighted by Gasteiger charge is 2.21. The molecule has 1 aliphatic rings. The first-order chi connectivity index (χ1) is 12.0. The number of rotatable bonds is 6. The minimum Gasteiger partial charge on any atom is -0.465 e. The lowest BCUT2D eigenvalue weighted by atomic mass is 10.1. The number of hydrogen-bond acceptors (Lipinski definition) is 5. The molecule has 25 heavy (non-hydrogen) atoms. The van der Waals surface area contributed by atoms with E-state index >= 15 is 0 Å². The molecule has 1 N–H and O–H groups in total. The standard InChI is InChI=1S/C18H27N3O4/c1-13(12-24-3)20(2)18(23)19-15-11-14(17(22)25-4)7-8-16(15)21-9-5-6-10-21/h7-8,11,13H,5-6,9-10,12H2,1-4H3,(H,19,23). The van der Waals surface area contributed by atoms with Crippen LogP contribution in [0.25, 0.3) is 0 Å². The highest BCUT2D eigenvalue weighted by Crippen LogP contribution is 2.30. The van der Waals surface area contributed by atoms with Crippen molar-refractivity contribution in [2.75, 3.05) is 51.2 Å². The maximum Gasteiger partial charge on any atom is 0.337 e. The summed E-state index contributed by atoms with van der Waals surface area (Å²) in [5.41, 5.74) is 1.95. The van der Waals surface area contributed by atoms with Crippen molar-refractivity contribution in [3.05, 3.63) is 23.8 Å². The Bertz CT molecular complexity index is 614. The van der Waals surface area contributed by atoms with Crippen molar-refractivity contribution in [1.29, 1.82) is 0 Å². The number of carbonyl (C=O) groups excluding carboxylic acids is 2. The van der Waals surface area contributed by atoms with Crippen LogP contribution in [-0.4, -0.2) is 63.9 Å². The molecule has 1 aromatic rings. The molecular formula is C18H27N3O4. The van der Waals surface area contributed by atoms with Crippen LogP contribution in [-0.2, 0) is 9.47 Å². The Hall–Kier alpha value is -2.28. The van der Waals surface area contributed by atoms with Gasteiger partial charge in [0.2, 0.25) is 0 Å². The van der Waals surface area contributed by atoms with Crippen molar-refractivity contribution < 1.29 is 19.1 Å². The molecule has 1 atom stereocenters. The van der Waals surface area contributed by atoms with E-state index in [0.717, 1.165) is 31.6 Å². The number of hydrogen-bond donors (Lipinski definition) is 1. The van der Waals surface area contributed by atoms with E-state index in [9.17, 15) is 9.59 Å². The van der Waals surface area contributed by atoms with Gasteiger partial charge in [-0.3, -0.25) is 0 Å². The second kappa shape index (κ2) is 8.71. The Morgan fingerprint density at radius 1 is 1.28 bits per heavy atom. The lowest BCUT2D eigenvalue weighted by molar-refractivity contribution is 0.0600. The van der Waals surface area contributed by atoms with Crippen molar-refractivity contribution in [3.63, 3.8) is 0 Å². The molecule has 2 amide bonds. The number of likely N-dealkylation sites (N-methyl/N-ethyl adjacent to an activating group) is 1. The summed E-state index contributed by atoms with van der Waals surface area (Å²) in [7, 11) is 4.67. The topological polar surface area (TPSA) is 71.1 Å². The monoisotopic (exact) mass is 349 g/mol. The van der Waals surface area contributed by atoms with Gasteiger partial charge in [-0.05, 0) is 38.0 Å². The van der Waals surface area contributed by atoms with Crippen LogP contribution in [0.1, 0.15) is 30.1 Å². The van der Waals surface area contributed by atoms with Crippen LogP contribution in [0.15, 0.2) is 18.2 Å². The van der Waals surface area contributed by atoms with E-state index in [0.29, 0.717) is 17.9 Å². The van der Waals surface area contributed by atoms with Gasteiger partial charge in [-0.1, -0.05) is 0 Å². The summed E-state index contributed by atoms with van der Waals surface area (Å²) in [4.78, 5) is 28.2. The fourth-order valence-corrected chi connectivity index (χ4v) is 2.87. The maximum absolute atomic E-state index is 12.6. The molecule has 1 aliphatic heterocycles. The third-order valence-corrected chi connectivity index (χ3v) is 4.50. The average Bonchev–Trinajstić information content (AvgIpc) is 3.14. The number of anilines is 2. The van der Waals surface area contributed by atoms with Crippen LogP contribution in [0.3, 0.4) is 0 Å². The summed E-state index contributed by atoms with van der Waals surface area (Å²) in [6, 6.07) is 4.96. The van der Waals surface area contributed by atoms with Gasteiger partial charge in [0.25, 0.3) is 0 Å². The van der Waals surface area contributed by atoms with Crippen LogP contribution in [0, 0.1) is 0 Å². The number of urea groups is 1. The minimum atomic E-state index is -0.426. The molecule has 1 saturated heterocycles. The second-order valence-corrected chi connectivity index (χ2v) is 6.26. The SMILES string of the molecule is COCC(C)N(C)C(=O)Nc1cc(C(=O)OC)ccc1N1CCCC1. The summed E-state index contributed by atoms with van der Waals surface area (Å²) in [6.07, 6.45) is 2.24. The largest absolute Gasteiger partial charge is 0.465 e. The van der Waals surface area contributed by atoms with E-state index < -0.39 is 5.97 Å². The lowest BCUT2D eigenvalue weighted by Crippen LogP contribution is -2.40. The van der Waals surface area contributed by atoms with Crippen molar-refractivity contribution in [3.8, 4) is 0 Å². The third kappa shape index (κ3) is 4.63. The van der Waals surface area contributed by atoms with Crippen LogP contribution < -0.4 is 10.2 Å². The van der Waals surface area contributed by atoms with E-state index in [2.05, 4.69) is 10.2 Å². The molecule has 7 nitrogen and oxygen atoms in total. The van der Waals surface area contributed by atoms with E-state index in [4.69, 9.17) is 9.47 Å². The van der Waals surface area contributed by atoms with Crippen molar-refractivity contribution in [2.24, 2.45) is 0 Å². The predicted octanol–water partition coefficient (Wildman–Crippen LogP) is 2.57. The Labute approximate surface area is 148 Å². The first-order valence-corrected chi connectivity index (χ1v) is 8.48. The van der Waals surface area contributed by atoms with Gasteiger partial charge >= 0.3 is 12.0 Å². The number of benzene rings is 1. The molecular weight excluding hydrogens is 322 g/mol. The predicted molar refractivity (Wildman–Crippen MR) is 97.3 cm³/mol. The molecule has 0 aliphatic carbocycles. The molecule has 7 heteroatoms. The van der Waals surface area contributed by atoms with Gasteiger partial charge in [0.05, 0.1) is 36.7 Å². The molecule has 0 saturated carbocycles. The molecule has 0 spiro atoms. The molecule has 138 valence electrons. The highest BCUT2D eigenvalue weighted by molar-refractivity contribution is 5.97. The average molecular weight is 349 g/mol. The van der Waals surface area contributed by atoms with Crippen LogP contribution in [0.5, 0.6) is 0 Å². The van der Waals surface area contributed by atoms with Gasteiger partial charge in [-0.15, -0.1) is 0 Å². The lowest BCUT2D eigenvalue weighted by Gasteiger charge is -2.27. The number of ether oxygens (including phenoxy) is 2. The number of nitrogens with zero attached hydrogens (tertiary/aromatic N) is 2. The van der Waals surface area contributed by atoms with Gasteiger partial charge in [-0.2, -0.15) is 0 Å². The molecule has 0 bridgehead atoms. The summed E-state index contributed by atoms with van der Waals surface area (Å²) < 4.78 is 9.89. The zero-order chi connectivity index (χ0) is 18.4.